The summed E-state index contributed by atoms with van der Waals surface area (Å²) in [6, 6.07) is 5.52. The molecule has 0 spiro atoms. The molecule has 2 aliphatic rings. The normalized spacial score (nSPS) is 17.6. The Hall–Kier alpha value is -2.06. The fraction of sp³-hybridized carbons (Fsp3) is 0.353. The molecule has 0 atom stereocenters. The number of carboxylic acid groups (broad SMARTS) is 1. The number of carbonyl (C=O) groups is 2. The van der Waals surface area contributed by atoms with Crippen LogP contribution in [0, 0.1) is 0 Å². The van der Waals surface area contributed by atoms with Crippen LogP contribution in [0.1, 0.15) is 31.2 Å². The third-order valence-electron chi connectivity index (χ3n) is 3.84. The van der Waals surface area contributed by atoms with Gasteiger partial charge in [0.1, 0.15) is 4.32 Å². The van der Waals surface area contributed by atoms with E-state index in [1.807, 2.05) is 18.2 Å². The van der Waals surface area contributed by atoms with Gasteiger partial charge in [0.05, 0.1) is 4.91 Å². The van der Waals surface area contributed by atoms with E-state index in [4.69, 9.17) is 26.8 Å². The SMILES string of the molecule is O=C(O)CCCCCN1C(=O)C(=Cc2ccc3c(c2)OCO3)SC1=S. The van der Waals surface area contributed by atoms with Crippen LogP contribution in [-0.2, 0) is 9.59 Å². The quantitative estimate of drug-likeness (QED) is 0.443. The maximum Gasteiger partial charge on any atom is 0.303 e. The molecule has 0 aromatic heterocycles. The minimum atomic E-state index is -0.794. The van der Waals surface area contributed by atoms with Gasteiger partial charge in [-0.05, 0) is 36.6 Å². The fourth-order valence-electron chi connectivity index (χ4n) is 2.57. The molecule has 6 nitrogen and oxygen atoms in total. The Kier molecular flexibility index (Phi) is 5.60. The topological polar surface area (TPSA) is 76.1 Å². The summed E-state index contributed by atoms with van der Waals surface area (Å²) in [6.07, 6.45) is 4.05. The van der Waals surface area contributed by atoms with Crippen LogP contribution in [0.5, 0.6) is 11.5 Å². The van der Waals surface area contributed by atoms with E-state index in [9.17, 15) is 9.59 Å². The van der Waals surface area contributed by atoms with E-state index in [-0.39, 0.29) is 19.1 Å². The van der Waals surface area contributed by atoms with Crippen molar-refractivity contribution in [3.05, 3.63) is 28.7 Å². The van der Waals surface area contributed by atoms with Crippen molar-refractivity contribution < 1.29 is 24.2 Å². The van der Waals surface area contributed by atoms with E-state index in [1.54, 1.807) is 11.0 Å². The van der Waals surface area contributed by atoms with Crippen molar-refractivity contribution in [2.45, 2.75) is 25.7 Å². The largest absolute Gasteiger partial charge is 0.481 e. The lowest BCUT2D eigenvalue weighted by Gasteiger charge is -2.13. The van der Waals surface area contributed by atoms with E-state index >= 15 is 0 Å². The van der Waals surface area contributed by atoms with Crippen molar-refractivity contribution in [3.8, 4) is 11.5 Å². The van der Waals surface area contributed by atoms with E-state index in [1.165, 1.54) is 11.8 Å². The van der Waals surface area contributed by atoms with Gasteiger partial charge in [0.2, 0.25) is 6.79 Å². The number of carbonyl (C=O) groups excluding carboxylic acids is 1. The molecule has 2 heterocycles. The number of benzene rings is 1. The number of ether oxygens (including phenoxy) is 2. The van der Waals surface area contributed by atoms with Gasteiger partial charge in [-0.1, -0.05) is 36.5 Å². The number of hydrogen-bond donors (Lipinski definition) is 1. The van der Waals surface area contributed by atoms with Crippen LogP contribution in [-0.4, -0.2) is 39.5 Å². The van der Waals surface area contributed by atoms with Crippen LogP contribution in [0.3, 0.4) is 0 Å². The highest BCUT2D eigenvalue weighted by atomic mass is 32.2. The van der Waals surface area contributed by atoms with Gasteiger partial charge in [-0.2, -0.15) is 0 Å². The molecule has 132 valence electrons. The number of carboxylic acids is 1. The van der Waals surface area contributed by atoms with Gasteiger partial charge >= 0.3 is 5.97 Å². The highest BCUT2D eigenvalue weighted by Gasteiger charge is 2.31. The Bertz CT molecular complexity index is 747. The molecule has 0 saturated carbocycles. The number of thioether (sulfide) groups is 1. The highest BCUT2D eigenvalue weighted by Crippen LogP contribution is 2.36. The first-order valence-electron chi connectivity index (χ1n) is 7.91. The Morgan fingerprint density at radius 2 is 2.08 bits per heavy atom. The van der Waals surface area contributed by atoms with Crippen LogP contribution >= 0.6 is 24.0 Å². The molecule has 1 amide bonds. The summed E-state index contributed by atoms with van der Waals surface area (Å²) in [5, 5.41) is 8.63. The molecular formula is C17H17NO5S2. The number of unbranched alkanes of at least 4 members (excludes halogenated alkanes) is 2. The number of nitrogens with zero attached hydrogens (tertiary/aromatic N) is 1. The van der Waals surface area contributed by atoms with E-state index < -0.39 is 5.97 Å². The van der Waals surface area contributed by atoms with Crippen molar-refractivity contribution in [1.82, 2.24) is 4.90 Å². The van der Waals surface area contributed by atoms with Gasteiger partial charge in [-0.25, -0.2) is 0 Å². The molecule has 0 bridgehead atoms. The van der Waals surface area contributed by atoms with E-state index in [0.717, 1.165) is 18.4 Å². The molecule has 3 rings (SSSR count). The summed E-state index contributed by atoms with van der Waals surface area (Å²) in [5.41, 5.74) is 0.853. The second-order valence-electron chi connectivity index (χ2n) is 5.65. The maximum atomic E-state index is 12.5. The Labute approximate surface area is 154 Å². The Morgan fingerprint density at radius 3 is 2.88 bits per heavy atom. The first-order chi connectivity index (χ1) is 12.0. The van der Waals surface area contributed by atoms with Gasteiger partial charge < -0.3 is 14.6 Å². The molecule has 0 radical (unpaired) electrons. The van der Waals surface area contributed by atoms with Crippen molar-refractivity contribution >= 4 is 46.3 Å². The molecule has 2 aliphatic heterocycles. The molecular weight excluding hydrogens is 362 g/mol. The van der Waals surface area contributed by atoms with Gasteiger partial charge in [0.15, 0.2) is 11.5 Å². The second-order valence-corrected chi connectivity index (χ2v) is 7.33. The number of aliphatic carboxylic acids is 1. The average Bonchev–Trinajstić information content (AvgIpc) is 3.13. The number of amides is 1. The van der Waals surface area contributed by atoms with Crippen LogP contribution in [0.15, 0.2) is 23.1 Å². The summed E-state index contributed by atoms with van der Waals surface area (Å²) in [6.45, 7) is 0.728. The van der Waals surface area contributed by atoms with Crippen molar-refractivity contribution in [2.24, 2.45) is 0 Å². The third kappa shape index (κ3) is 4.32. The maximum absolute atomic E-state index is 12.5. The summed E-state index contributed by atoms with van der Waals surface area (Å²) in [7, 11) is 0. The molecule has 1 aromatic rings. The van der Waals surface area contributed by atoms with Crippen LogP contribution < -0.4 is 9.47 Å². The first kappa shape index (κ1) is 17.8. The fourth-order valence-corrected chi connectivity index (χ4v) is 3.88. The minimum Gasteiger partial charge on any atom is -0.481 e. The predicted molar refractivity (Wildman–Crippen MR) is 98.5 cm³/mol. The second kappa shape index (κ2) is 7.88. The zero-order valence-corrected chi connectivity index (χ0v) is 15.0. The average molecular weight is 379 g/mol. The molecule has 25 heavy (non-hydrogen) atoms. The molecule has 0 unspecified atom stereocenters. The van der Waals surface area contributed by atoms with Crippen LogP contribution in [0.4, 0.5) is 0 Å². The number of fused-ring (bicyclic) bond motifs is 1. The number of hydrogen-bond acceptors (Lipinski definition) is 6. The van der Waals surface area contributed by atoms with E-state index in [2.05, 4.69) is 0 Å². The Balaban J connectivity index is 1.60. The molecule has 8 heteroatoms. The smallest absolute Gasteiger partial charge is 0.303 e. The molecule has 1 N–H and O–H groups in total. The molecule has 1 saturated heterocycles. The van der Waals surface area contributed by atoms with Crippen molar-refractivity contribution in [2.75, 3.05) is 13.3 Å². The van der Waals surface area contributed by atoms with Gasteiger partial charge in [-0.15, -0.1) is 0 Å². The number of thiocarbonyl (C=S) groups is 1. The third-order valence-corrected chi connectivity index (χ3v) is 5.22. The molecule has 1 aromatic carbocycles. The lowest BCUT2D eigenvalue weighted by atomic mass is 10.1. The molecule has 0 aliphatic carbocycles. The molecule has 1 fully saturated rings. The number of rotatable bonds is 7. The summed E-state index contributed by atoms with van der Waals surface area (Å²) in [5.74, 6) is 0.469. The van der Waals surface area contributed by atoms with Gasteiger partial charge in [0, 0.05) is 13.0 Å². The van der Waals surface area contributed by atoms with Crippen molar-refractivity contribution in [1.29, 1.82) is 0 Å². The lowest BCUT2D eigenvalue weighted by Crippen LogP contribution is -2.29. The summed E-state index contributed by atoms with van der Waals surface area (Å²) in [4.78, 5) is 25.2. The zero-order valence-electron chi connectivity index (χ0n) is 13.4. The lowest BCUT2D eigenvalue weighted by molar-refractivity contribution is -0.137. The highest BCUT2D eigenvalue weighted by molar-refractivity contribution is 8.26. The monoisotopic (exact) mass is 379 g/mol. The van der Waals surface area contributed by atoms with Crippen LogP contribution in [0.25, 0.3) is 6.08 Å². The van der Waals surface area contributed by atoms with Crippen LogP contribution in [0.2, 0.25) is 0 Å². The van der Waals surface area contributed by atoms with E-state index in [0.29, 0.717) is 33.7 Å². The zero-order chi connectivity index (χ0) is 17.8. The predicted octanol–water partition coefficient (Wildman–Crippen LogP) is 3.26. The van der Waals surface area contributed by atoms with Gasteiger partial charge in [0.25, 0.3) is 5.91 Å². The standard InChI is InChI=1S/C17H17NO5S2/c19-15(20)4-2-1-3-7-18-16(21)14(25-17(18)24)9-11-5-6-12-13(8-11)23-10-22-12/h5-6,8-9H,1-4,7,10H2,(H,19,20). The summed E-state index contributed by atoms with van der Waals surface area (Å²) < 4.78 is 11.2. The first-order valence-corrected chi connectivity index (χ1v) is 9.14. The summed E-state index contributed by atoms with van der Waals surface area (Å²) >= 11 is 6.58. The Morgan fingerprint density at radius 1 is 1.28 bits per heavy atom. The van der Waals surface area contributed by atoms with Crippen molar-refractivity contribution in [3.63, 3.8) is 0 Å². The minimum absolute atomic E-state index is 0.106. The van der Waals surface area contributed by atoms with Gasteiger partial charge in [-0.3, -0.25) is 14.5 Å².